The van der Waals surface area contributed by atoms with Gasteiger partial charge in [-0.2, -0.15) is 0 Å². The number of hydrogen-bond donors (Lipinski definition) is 1. The van der Waals surface area contributed by atoms with E-state index in [0.717, 1.165) is 21.6 Å². The van der Waals surface area contributed by atoms with Gasteiger partial charge in [-0.15, -0.1) is 11.8 Å². The molecule has 0 aliphatic rings. The van der Waals surface area contributed by atoms with Crippen LogP contribution in [0.2, 0.25) is 0 Å². The molecule has 4 nitrogen and oxygen atoms in total. The minimum absolute atomic E-state index is 0.0629. The van der Waals surface area contributed by atoms with Gasteiger partial charge in [-0.05, 0) is 57.2 Å². The van der Waals surface area contributed by atoms with Crippen molar-refractivity contribution in [1.29, 1.82) is 5.41 Å². The largest absolute Gasteiger partial charge is 0.465 e. The van der Waals surface area contributed by atoms with E-state index in [2.05, 4.69) is 0 Å². The molecule has 6 heteroatoms. The van der Waals surface area contributed by atoms with Gasteiger partial charge in [-0.3, -0.25) is 9.62 Å². The van der Waals surface area contributed by atoms with Gasteiger partial charge in [0.2, 0.25) is 0 Å². The molecule has 0 aliphatic heterocycles. The molecule has 1 unspecified atom stereocenters. The Morgan fingerprint density at radius 2 is 1.67 bits per heavy atom. The van der Waals surface area contributed by atoms with Crippen molar-refractivity contribution >= 4 is 33.6 Å². The normalized spacial score (nSPS) is 12.5. The molecule has 0 saturated heterocycles. The number of esters is 1. The number of methoxy groups -OCH3 is 1. The van der Waals surface area contributed by atoms with E-state index in [1.165, 1.54) is 18.9 Å². The van der Waals surface area contributed by atoms with Gasteiger partial charge in [-0.1, -0.05) is 24.3 Å². The average Bonchev–Trinajstić information content (AvgIpc) is 2.64. The number of aryl methyl sites for hydroxylation is 1. The van der Waals surface area contributed by atoms with Crippen molar-refractivity contribution in [3.63, 3.8) is 0 Å². The number of benzene rings is 2. The summed E-state index contributed by atoms with van der Waals surface area (Å²) in [6.07, 6.45) is 1.94. The van der Waals surface area contributed by atoms with Gasteiger partial charge in [0.1, 0.15) is 5.04 Å². The van der Waals surface area contributed by atoms with Crippen molar-refractivity contribution in [2.24, 2.45) is 0 Å². The third kappa shape index (κ3) is 4.33. The van der Waals surface area contributed by atoms with Gasteiger partial charge < -0.3 is 4.74 Å². The van der Waals surface area contributed by atoms with E-state index in [9.17, 15) is 9.00 Å². The van der Waals surface area contributed by atoms with E-state index in [1.54, 1.807) is 12.1 Å². The predicted molar refractivity (Wildman–Crippen MR) is 114 cm³/mol. The van der Waals surface area contributed by atoms with Crippen molar-refractivity contribution in [2.75, 3.05) is 13.4 Å². The Hall–Kier alpha value is -1.92. The zero-order valence-electron chi connectivity index (χ0n) is 16.5. The summed E-state index contributed by atoms with van der Waals surface area (Å²) in [4.78, 5) is 13.3. The van der Waals surface area contributed by atoms with Crippen LogP contribution in [0, 0.1) is 12.3 Å². The molecule has 27 heavy (non-hydrogen) atoms. The molecule has 0 heterocycles. The summed E-state index contributed by atoms with van der Waals surface area (Å²) in [5.41, 5.74) is 3.41. The second-order valence-corrected chi connectivity index (χ2v) is 10.1. The van der Waals surface area contributed by atoms with Crippen LogP contribution in [0.15, 0.2) is 41.3 Å². The van der Waals surface area contributed by atoms with Gasteiger partial charge in [0.25, 0.3) is 0 Å². The second-order valence-electron chi connectivity index (χ2n) is 7.08. The summed E-state index contributed by atoms with van der Waals surface area (Å²) in [5.74, 6) is -0.432. The first kappa shape index (κ1) is 21.4. The number of rotatable bonds is 4. The third-order valence-corrected chi connectivity index (χ3v) is 6.64. The summed E-state index contributed by atoms with van der Waals surface area (Å²) in [7, 11) is -0.138. The van der Waals surface area contributed by atoms with Gasteiger partial charge in [0.15, 0.2) is 0 Å². The summed E-state index contributed by atoms with van der Waals surface area (Å²) in [6, 6.07) is 11.1. The van der Waals surface area contributed by atoms with Crippen LogP contribution in [0.1, 0.15) is 42.3 Å². The predicted octanol–water partition coefficient (Wildman–Crippen LogP) is 5.04. The maximum Gasteiger partial charge on any atom is 0.338 e. The first-order valence-electron chi connectivity index (χ1n) is 8.49. The second kappa shape index (κ2) is 8.40. The lowest BCUT2D eigenvalue weighted by molar-refractivity contribution is 0.0601. The molecular weight excluding hydrogens is 378 g/mol. The van der Waals surface area contributed by atoms with Gasteiger partial charge in [0.05, 0.1) is 23.5 Å². The van der Waals surface area contributed by atoms with Crippen LogP contribution < -0.4 is 0 Å². The highest BCUT2D eigenvalue weighted by molar-refractivity contribution is 8.02. The molecular formula is C21H25NO3S2. The smallest absolute Gasteiger partial charge is 0.338 e. The molecule has 0 aromatic heterocycles. The Morgan fingerprint density at radius 3 is 2.22 bits per heavy atom. The highest BCUT2D eigenvalue weighted by atomic mass is 32.2. The minimum Gasteiger partial charge on any atom is -0.465 e. The van der Waals surface area contributed by atoms with Crippen molar-refractivity contribution in [3.05, 3.63) is 53.1 Å². The lowest BCUT2D eigenvalue weighted by Gasteiger charge is -2.22. The molecule has 0 fully saturated rings. The molecule has 2 aromatic rings. The quantitative estimate of drug-likeness (QED) is 0.336. The standard InChI is InChI=1S/C21H25NO3S2/c1-13-9-7-10-14(19(22)27(24)21(2,3)4)17(13)18-15(20(23)25-5)11-8-12-16(18)26-6/h7-12,22H,1-6H3. The molecule has 0 aliphatic carbocycles. The van der Waals surface area contributed by atoms with E-state index in [-0.39, 0.29) is 5.04 Å². The molecule has 2 aromatic carbocycles. The third-order valence-electron chi connectivity index (χ3n) is 4.16. The van der Waals surface area contributed by atoms with Crippen LogP contribution in [-0.4, -0.2) is 33.3 Å². The number of carbonyl (C=O) groups excluding carboxylic acids is 1. The fourth-order valence-electron chi connectivity index (χ4n) is 2.83. The average molecular weight is 404 g/mol. The van der Waals surface area contributed by atoms with Crippen LogP contribution in [-0.2, 0) is 15.5 Å². The van der Waals surface area contributed by atoms with Gasteiger partial charge in [0, 0.05) is 20.8 Å². The summed E-state index contributed by atoms with van der Waals surface area (Å²) in [6.45, 7) is 7.48. The molecule has 0 radical (unpaired) electrons. The van der Waals surface area contributed by atoms with Crippen LogP contribution in [0.3, 0.4) is 0 Å². The first-order valence-corrected chi connectivity index (χ1v) is 10.9. The molecule has 0 amide bonds. The molecule has 2 rings (SSSR count). The highest BCUT2D eigenvalue weighted by Gasteiger charge is 2.28. The number of hydrogen-bond acceptors (Lipinski definition) is 5. The fraction of sp³-hybridized carbons (Fsp3) is 0.333. The van der Waals surface area contributed by atoms with Crippen molar-refractivity contribution in [1.82, 2.24) is 0 Å². The Labute approximate surface area is 167 Å². The maximum absolute atomic E-state index is 12.9. The van der Waals surface area contributed by atoms with E-state index in [1.807, 2.05) is 58.2 Å². The topological polar surface area (TPSA) is 67.2 Å². The zero-order valence-corrected chi connectivity index (χ0v) is 18.1. The van der Waals surface area contributed by atoms with Crippen molar-refractivity contribution in [3.8, 4) is 11.1 Å². The number of thioether (sulfide) groups is 1. The Balaban J connectivity index is 2.84. The lowest BCUT2D eigenvalue weighted by Crippen LogP contribution is -2.28. The Bertz CT molecular complexity index is 914. The molecule has 0 spiro atoms. The maximum atomic E-state index is 12.9. The molecule has 1 atom stereocenters. The van der Waals surface area contributed by atoms with Crippen LogP contribution >= 0.6 is 11.8 Å². The highest BCUT2D eigenvalue weighted by Crippen LogP contribution is 2.38. The van der Waals surface area contributed by atoms with Gasteiger partial charge >= 0.3 is 5.97 Å². The molecule has 144 valence electrons. The van der Waals surface area contributed by atoms with Crippen LogP contribution in [0.4, 0.5) is 0 Å². The summed E-state index contributed by atoms with van der Waals surface area (Å²) in [5, 5.41) is 8.67. The van der Waals surface area contributed by atoms with E-state index in [0.29, 0.717) is 11.1 Å². The molecule has 0 saturated carbocycles. The Kier molecular flexibility index (Phi) is 6.65. The number of nitrogens with one attached hydrogen (secondary N) is 1. The van der Waals surface area contributed by atoms with Crippen molar-refractivity contribution < 1.29 is 13.7 Å². The monoisotopic (exact) mass is 403 g/mol. The van der Waals surface area contributed by atoms with E-state index in [4.69, 9.17) is 10.1 Å². The number of ether oxygens (including phenoxy) is 1. The molecule has 1 N–H and O–H groups in total. The SMILES string of the molecule is COC(=O)c1cccc(SC)c1-c1c(C)cccc1C(=N)S(=O)C(C)(C)C. The fourth-order valence-corrected chi connectivity index (χ4v) is 4.45. The summed E-state index contributed by atoms with van der Waals surface area (Å²) < 4.78 is 17.3. The van der Waals surface area contributed by atoms with Gasteiger partial charge in [-0.25, -0.2) is 4.79 Å². The Morgan fingerprint density at radius 1 is 1.07 bits per heavy atom. The van der Waals surface area contributed by atoms with E-state index >= 15 is 0 Å². The zero-order chi connectivity index (χ0) is 20.4. The first-order chi connectivity index (χ1) is 12.6. The van der Waals surface area contributed by atoms with Crippen molar-refractivity contribution in [2.45, 2.75) is 37.3 Å². The minimum atomic E-state index is -1.49. The van der Waals surface area contributed by atoms with Crippen LogP contribution in [0.5, 0.6) is 0 Å². The lowest BCUT2D eigenvalue weighted by atomic mass is 9.92. The number of carbonyl (C=O) groups is 1. The van der Waals surface area contributed by atoms with Crippen LogP contribution in [0.25, 0.3) is 11.1 Å². The summed E-state index contributed by atoms with van der Waals surface area (Å²) >= 11 is 1.52. The van der Waals surface area contributed by atoms with E-state index < -0.39 is 21.5 Å². The molecule has 0 bridgehead atoms.